The predicted molar refractivity (Wildman–Crippen MR) is 129 cm³/mol. The van der Waals surface area contributed by atoms with Crippen molar-refractivity contribution in [3.63, 3.8) is 0 Å². The zero-order valence-corrected chi connectivity index (χ0v) is 20.5. The first kappa shape index (κ1) is 25.8. The van der Waals surface area contributed by atoms with E-state index in [9.17, 15) is 17.6 Å². The van der Waals surface area contributed by atoms with Gasteiger partial charge in [0.1, 0.15) is 5.82 Å². The number of alkyl halides is 3. The summed E-state index contributed by atoms with van der Waals surface area (Å²) in [4.78, 5) is 4.15. The Bertz CT molecular complexity index is 1280. The van der Waals surface area contributed by atoms with E-state index >= 15 is 0 Å². The van der Waals surface area contributed by atoms with E-state index in [2.05, 4.69) is 15.1 Å². The molecular weight excluding hydrogens is 527 g/mol. The van der Waals surface area contributed by atoms with Crippen LogP contribution < -0.4 is 0 Å². The number of halogens is 6. The Morgan fingerprint density at radius 1 is 1.03 bits per heavy atom. The Morgan fingerprint density at radius 2 is 1.71 bits per heavy atom. The van der Waals surface area contributed by atoms with Crippen LogP contribution in [0.25, 0.3) is 0 Å². The SMILES string of the molecule is Fc1ccccc1/C=N/n1c(C(F)(F)F)nn(CN2CCN(Cc3ccc(Cl)cc3Cl)CC2)c1=S. The van der Waals surface area contributed by atoms with Gasteiger partial charge in [-0.1, -0.05) is 47.5 Å². The molecule has 0 unspecified atom stereocenters. The zero-order valence-electron chi connectivity index (χ0n) is 18.2. The van der Waals surface area contributed by atoms with Gasteiger partial charge in [-0.15, -0.1) is 5.10 Å². The van der Waals surface area contributed by atoms with Crippen LogP contribution in [0.1, 0.15) is 17.0 Å². The van der Waals surface area contributed by atoms with Gasteiger partial charge in [0.15, 0.2) is 0 Å². The van der Waals surface area contributed by atoms with Crippen LogP contribution in [0, 0.1) is 10.6 Å². The molecule has 0 saturated carbocycles. The van der Waals surface area contributed by atoms with E-state index in [1.165, 1.54) is 18.2 Å². The van der Waals surface area contributed by atoms with Gasteiger partial charge in [-0.3, -0.25) is 9.80 Å². The van der Waals surface area contributed by atoms with E-state index in [0.717, 1.165) is 16.5 Å². The van der Waals surface area contributed by atoms with Crippen LogP contribution in [0.15, 0.2) is 47.6 Å². The van der Waals surface area contributed by atoms with Crippen molar-refractivity contribution in [2.75, 3.05) is 26.2 Å². The first-order valence-corrected chi connectivity index (χ1v) is 11.7. The number of hydrogen-bond donors (Lipinski definition) is 0. The summed E-state index contributed by atoms with van der Waals surface area (Å²) in [5.41, 5.74) is 0.986. The van der Waals surface area contributed by atoms with Gasteiger partial charge in [-0.2, -0.15) is 22.9 Å². The molecule has 6 nitrogen and oxygen atoms in total. The third-order valence-electron chi connectivity index (χ3n) is 5.50. The molecule has 0 radical (unpaired) electrons. The van der Waals surface area contributed by atoms with Crippen molar-refractivity contribution >= 4 is 41.6 Å². The maximum absolute atomic E-state index is 13.9. The quantitative estimate of drug-likeness (QED) is 0.231. The summed E-state index contributed by atoms with van der Waals surface area (Å²) in [7, 11) is 0. The molecule has 3 aromatic rings. The van der Waals surface area contributed by atoms with E-state index in [4.69, 9.17) is 35.4 Å². The van der Waals surface area contributed by atoms with E-state index in [1.54, 1.807) is 18.2 Å². The number of aromatic nitrogens is 3. The second-order valence-corrected chi connectivity index (χ2v) is 9.16. The van der Waals surface area contributed by atoms with Gasteiger partial charge in [0.05, 0.1) is 12.9 Å². The van der Waals surface area contributed by atoms with Crippen LogP contribution in [0.5, 0.6) is 0 Å². The molecule has 13 heteroatoms. The molecule has 0 spiro atoms. The van der Waals surface area contributed by atoms with Gasteiger partial charge in [-0.05, 0) is 36.0 Å². The molecule has 2 aromatic carbocycles. The molecule has 0 aliphatic carbocycles. The molecule has 1 aromatic heterocycles. The van der Waals surface area contributed by atoms with E-state index in [-0.39, 0.29) is 17.0 Å². The van der Waals surface area contributed by atoms with Crippen molar-refractivity contribution in [2.45, 2.75) is 19.4 Å². The minimum Gasteiger partial charge on any atom is -0.296 e. The largest absolute Gasteiger partial charge is 0.453 e. The molecule has 2 heterocycles. The molecule has 4 rings (SSSR count). The van der Waals surface area contributed by atoms with Crippen molar-refractivity contribution in [3.05, 3.63) is 80.0 Å². The highest BCUT2D eigenvalue weighted by atomic mass is 35.5. The van der Waals surface area contributed by atoms with Gasteiger partial charge in [-0.25, -0.2) is 9.07 Å². The van der Waals surface area contributed by atoms with Crippen molar-refractivity contribution in [3.8, 4) is 0 Å². The molecule has 1 aliphatic heterocycles. The van der Waals surface area contributed by atoms with Crippen molar-refractivity contribution in [1.82, 2.24) is 24.3 Å². The average molecular weight is 547 g/mol. The standard InChI is InChI=1S/C22H20Cl2F4N6S/c23-17-6-5-16(18(24)11-17)13-31-7-9-32(10-8-31)14-33-21(35)34(20(30-33)22(26,27)28)29-12-15-3-1-2-4-19(15)25/h1-6,11-12H,7-10,13-14H2/b29-12+. The highest BCUT2D eigenvalue weighted by Gasteiger charge is 2.39. The molecule has 35 heavy (non-hydrogen) atoms. The summed E-state index contributed by atoms with van der Waals surface area (Å²) in [5.74, 6) is -1.88. The van der Waals surface area contributed by atoms with E-state index in [1.807, 2.05) is 11.0 Å². The van der Waals surface area contributed by atoms with Crippen LogP contribution in [-0.2, 0) is 19.4 Å². The molecule has 1 aliphatic rings. The minimum atomic E-state index is -4.79. The Hall–Kier alpha value is -2.31. The third-order valence-corrected chi connectivity index (χ3v) is 6.47. The summed E-state index contributed by atoms with van der Waals surface area (Å²) >= 11 is 17.4. The predicted octanol–water partition coefficient (Wildman–Crippen LogP) is 5.54. The minimum absolute atomic E-state index is 0.0344. The van der Waals surface area contributed by atoms with Gasteiger partial charge in [0.2, 0.25) is 4.77 Å². The lowest BCUT2D eigenvalue weighted by atomic mass is 10.2. The molecule has 0 bridgehead atoms. The maximum Gasteiger partial charge on any atom is 0.453 e. The lowest BCUT2D eigenvalue weighted by Gasteiger charge is -2.34. The molecule has 0 N–H and O–H groups in total. The molecule has 0 atom stereocenters. The van der Waals surface area contributed by atoms with Crippen LogP contribution in [0.2, 0.25) is 10.0 Å². The molecule has 186 valence electrons. The number of nitrogens with zero attached hydrogens (tertiary/aromatic N) is 6. The van der Waals surface area contributed by atoms with Gasteiger partial charge >= 0.3 is 6.18 Å². The lowest BCUT2D eigenvalue weighted by molar-refractivity contribution is -0.147. The Morgan fingerprint density at radius 3 is 2.37 bits per heavy atom. The number of benzene rings is 2. The maximum atomic E-state index is 13.9. The molecule has 0 amide bonds. The summed E-state index contributed by atoms with van der Waals surface area (Å²) in [6.45, 7) is 3.27. The number of piperazine rings is 1. The average Bonchev–Trinajstić information content (AvgIpc) is 3.12. The van der Waals surface area contributed by atoms with Crippen LogP contribution in [0.4, 0.5) is 17.6 Å². The van der Waals surface area contributed by atoms with E-state index in [0.29, 0.717) is 47.4 Å². The van der Waals surface area contributed by atoms with E-state index < -0.39 is 17.8 Å². The summed E-state index contributed by atoms with van der Waals surface area (Å²) in [6.07, 6.45) is -3.80. The van der Waals surface area contributed by atoms with Gasteiger partial charge in [0.25, 0.3) is 5.82 Å². The third kappa shape index (κ3) is 6.28. The molecule has 1 saturated heterocycles. The van der Waals surface area contributed by atoms with Crippen LogP contribution in [-0.4, -0.2) is 56.7 Å². The number of rotatable bonds is 6. The first-order chi connectivity index (χ1) is 16.6. The van der Waals surface area contributed by atoms with Crippen molar-refractivity contribution in [2.24, 2.45) is 5.10 Å². The second kappa shape index (κ2) is 10.8. The van der Waals surface area contributed by atoms with Gasteiger partial charge in [0, 0.05) is 48.3 Å². The Kier molecular flexibility index (Phi) is 7.92. The Labute approximate surface area is 214 Å². The fraction of sp³-hybridized carbons (Fsp3) is 0.318. The summed E-state index contributed by atoms with van der Waals surface area (Å²) in [6, 6.07) is 11.0. The molecule has 1 fully saturated rings. The first-order valence-electron chi connectivity index (χ1n) is 10.6. The fourth-order valence-electron chi connectivity index (χ4n) is 3.64. The van der Waals surface area contributed by atoms with Crippen LogP contribution >= 0.6 is 35.4 Å². The topological polar surface area (TPSA) is 41.6 Å². The fourth-order valence-corrected chi connectivity index (χ4v) is 4.34. The lowest BCUT2D eigenvalue weighted by Crippen LogP contribution is -2.46. The normalized spacial score (nSPS) is 15.8. The summed E-state index contributed by atoms with van der Waals surface area (Å²) < 4.78 is 56.1. The zero-order chi connectivity index (χ0) is 25.2. The summed E-state index contributed by atoms with van der Waals surface area (Å²) in [5, 5.41) is 8.62. The smallest absolute Gasteiger partial charge is 0.296 e. The van der Waals surface area contributed by atoms with Crippen molar-refractivity contribution < 1.29 is 17.6 Å². The van der Waals surface area contributed by atoms with Crippen molar-refractivity contribution in [1.29, 1.82) is 0 Å². The van der Waals surface area contributed by atoms with Crippen LogP contribution in [0.3, 0.4) is 0 Å². The Balaban J connectivity index is 1.46. The number of hydrogen-bond acceptors (Lipinski definition) is 5. The second-order valence-electron chi connectivity index (χ2n) is 7.95. The molecular formula is C22H20Cl2F4N6S. The van der Waals surface area contributed by atoms with Gasteiger partial charge < -0.3 is 0 Å². The monoisotopic (exact) mass is 546 g/mol. The highest BCUT2D eigenvalue weighted by Crippen LogP contribution is 2.28. The highest BCUT2D eigenvalue weighted by molar-refractivity contribution is 7.71.